The summed E-state index contributed by atoms with van der Waals surface area (Å²) in [5.74, 6) is -0.810. The maximum Gasteiger partial charge on any atom is 0.306 e. The Morgan fingerprint density at radius 1 is 1.36 bits per heavy atom. The molecule has 0 radical (unpaired) electrons. The standard InChI is InChI=1S/C14H18N2O6/c1-3-4-5-14(18)22-9-13(17)15-11-7-6-10(21-2)8-12(11)16(19)20/h6-8H,3-5,9H2,1-2H3,(H,15,17). The van der Waals surface area contributed by atoms with Crippen LogP contribution in [-0.4, -0.2) is 30.5 Å². The van der Waals surface area contributed by atoms with Crippen LogP contribution in [0.4, 0.5) is 11.4 Å². The SMILES string of the molecule is CCCCC(=O)OCC(=O)Nc1ccc(OC)cc1[N+](=O)[O-]. The van der Waals surface area contributed by atoms with Crippen molar-refractivity contribution in [3.05, 3.63) is 28.3 Å². The van der Waals surface area contributed by atoms with Gasteiger partial charge in [-0.25, -0.2) is 0 Å². The van der Waals surface area contributed by atoms with E-state index in [1.165, 1.54) is 25.3 Å². The maximum atomic E-state index is 11.7. The van der Waals surface area contributed by atoms with E-state index in [2.05, 4.69) is 5.32 Å². The highest BCUT2D eigenvalue weighted by Crippen LogP contribution is 2.28. The van der Waals surface area contributed by atoms with Crippen LogP contribution in [0.2, 0.25) is 0 Å². The Hall–Kier alpha value is -2.64. The van der Waals surface area contributed by atoms with Crippen molar-refractivity contribution in [1.29, 1.82) is 0 Å². The molecule has 1 rings (SSSR count). The van der Waals surface area contributed by atoms with Crippen LogP contribution >= 0.6 is 0 Å². The minimum Gasteiger partial charge on any atom is -0.496 e. The minimum atomic E-state index is -0.641. The van der Waals surface area contributed by atoms with Crippen LogP contribution in [0.3, 0.4) is 0 Å². The van der Waals surface area contributed by atoms with E-state index in [1.54, 1.807) is 0 Å². The Morgan fingerprint density at radius 2 is 2.09 bits per heavy atom. The lowest BCUT2D eigenvalue weighted by Crippen LogP contribution is -2.21. The van der Waals surface area contributed by atoms with Crippen molar-refractivity contribution in [1.82, 2.24) is 0 Å². The molecule has 0 aliphatic carbocycles. The fraction of sp³-hybridized carbons (Fsp3) is 0.429. The minimum absolute atomic E-state index is 0.0143. The zero-order valence-corrected chi connectivity index (χ0v) is 12.5. The number of carbonyl (C=O) groups is 2. The Kier molecular flexibility index (Phi) is 6.81. The van der Waals surface area contributed by atoms with E-state index in [0.717, 1.165) is 6.42 Å². The van der Waals surface area contributed by atoms with Crippen LogP contribution < -0.4 is 10.1 Å². The van der Waals surface area contributed by atoms with E-state index in [9.17, 15) is 19.7 Å². The van der Waals surface area contributed by atoms with E-state index in [-0.39, 0.29) is 17.8 Å². The van der Waals surface area contributed by atoms with Gasteiger partial charge in [0.15, 0.2) is 6.61 Å². The molecule has 0 saturated heterocycles. The quantitative estimate of drug-likeness (QED) is 0.448. The number of nitrogens with zero attached hydrogens (tertiary/aromatic N) is 1. The van der Waals surface area contributed by atoms with Gasteiger partial charge < -0.3 is 14.8 Å². The van der Waals surface area contributed by atoms with Gasteiger partial charge in [0.1, 0.15) is 11.4 Å². The first kappa shape index (κ1) is 17.4. The number of amides is 1. The van der Waals surface area contributed by atoms with Crippen molar-refractivity contribution in [3.63, 3.8) is 0 Å². The summed E-state index contributed by atoms with van der Waals surface area (Å²) < 4.78 is 9.67. The molecule has 8 heteroatoms. The van der Waals surface area contributed by atoms with Gasteiger partial charge in [-0.05, 0) is 18.6 Å². The van der Waals surface area contributed by atoms with Gasteiger partial charge in [0, 0.05) is 6.42 Å². The second-order valence-corrected chi connectivity index (χ2v) is 4.45. The smallest absolute Gasteiger partial charge is 0.306 e. The predicted molar refractivity (Wildman–Crippen MR) is 78.8 cm³/mol. The summed E-state index contributed by atoms with van der Waals surface area (Å²) >= 11 is 0. The van der Waals surface area contributed by atoms with E-state index >= 15 is 0 Å². The van der Waals surface area contributed by atoms with Gasteiger partial charge in [0.25, 0.3) is 11.6 Å². The predicted octanol–water partition coefficient (Wildman–Crippen LogP) is 2.28. The molecule has 0 unspecified atom stereocenters. The van der Waals surface area contributed by atoms with Gasteiger partial charge in [-0.15, -0.1) is 0 Å². The number of unbranched alkanes of at least 4 members (excludes halogenated alkanes) is 1. The molecule has 0 fully saturated rings. The molecule has 0 aliphatic rings. The lowest BCUT2D eigenvalue weighted by atomic mass is 10.2. The molecule has 0 aliphatic heterocycles. The summed E-state index contributed by atoms with van der Waals surface area (Å²) in [5, 5.41) is 13.3. The molecule has 1 N–H and O–H groups in total. The van der Waals surface area contributed by atoms with Crippen LogP contribution in [0.5, 0.6) is 5.75 Å². The highest BCUT2D eigenvalue weighted by molar-refractivity contribution is 5.95. The number of benzene rings is 1. The third-order valence-electron chi connectivity index (χ3n) is 2.77. The molecular formula is C14H18N2O6. The Bertz CT molecular complexity index is 558. The fourth-order valence-electron chi connectivity index (χ4n) is 1.62. The molecule has 0 bridgehead atoms. The first-order chi connectivity index (χ1) is 10.5. The zero-order chi connectivity index (χ0) is 16.5. The molecule has 1 amide bonds. The van der Waals surface area contributed by atoms with E-state index in [1.807, 2.05) is 6.92 Å². The Balaban J connectivity index is 2.64. The number of esters is 1. The van der Waals surface area contributed by atoms with Gasteiger partial charge in [0.2, 0.25) is 0 Å². The van der Waals surface area contributed by atoms with Crippen LogP contribution in [0.25, 0.3) is 0 Å². The molecular weight excluding hydrogens is 292 g/mol. The van der Waals surface area contributed by atoms with Crippen molar-refractivity contribution < 1.29 is 24.0 Å². The molecule has 0 saturated carbocycles. The molecule has 0 atom stereocenters. The third-order valence-corrected chi connectivity index (χ3v) is 2.77. The molecule has 0 aromatic heterocycles. The number of ether oxygens (including phenoxy) is 2. The van der Waals surface area contributed by atoms with E-state index in [0.29, 0.717) is 12.2 Å². The largest absolute Gasteiger partial charge is 0.496 e. The molecule has 22 heavy (non-hydrogen) atoms. The summed E-state index contributed by atoms with van der Waals surface area (Å²) in [6.45, 7) is 1.45. The lowest BCUT2D eigenvalue weighted by molar-refractivity contribution is -0.384. The van der Waals surface area contributed by atoms with Crippen molar-refractivity contribution >= 4 is 23.3 Å². The zero-order valence-electron chi connectivity index (χ0n) is 12.5. The molecule has 1 aromatic rings. The van der Waals surface area contributed by atoms with E-state index < -0.39 is 23.4 Å². The van der Waals surface area contributed by atoms with Gasteiger partial charge in [-0.1, -0.05) is 13.3 Å². The number of anilines is 1. The summed E-state index contributed by atoms with van der Waals surface area (Å²) in [4.78, 5) is 33.3. The number of hydrogen-bond donors (Lipinski definition) is 1. The molecule has 1 aromatic carbocycles. The van der Waals surface area contributed by atoms with Crippen LogP contribution in [0.1, 0.15) is 26.2 Å². The van der Waals surface area contributed by atoms with Crippen molar-refractivity contribution in [2.24, 2.45) is 0 Å². The lowest BCUT2D eigenvalue weighted by Gasteiger charge is -2.08. The average molecular weight is 310 g/mol. The number of nitrogens with one attached hydrogen (secondary N) is 1. The number of methoxy groups -OCH3 is 1. The summed E-state index contributed by atoms with van der Waals surface area (Å²) in [6, 6.07) is 4.03. The highest BCUT2D eigenvalue weighted by Gasteiger charge is 2.17. The summed E-state index contributed by atoms with van der Waals surface area (Å²) in [7, 11) is 1.38. The monoisotopic (exact) mass is 310 g/mol. The first-order valence-electron chi connectivity index (χ1n) is 6.75. The summed E-state index contributed by atoms with van der Waals surface area (Å²) in [5.41, 5.74) is -0.287. The number of hydrogen-bond acceptors (Lipinski definition) is 6. The molecule has 120 valence electrons. The molecule has 0 heterocycles. The summed E-state index contributed by atoms with van der Waals surface area (Å²) in [6.07, 6.45) is 1.77. The number of carbonyl (C=O) groups excluding carboxylic acids is 2. The Labute approximate surface area is 127 Å². The van der Waals surface area contributed by atoms with Crippen LogP contribution in [0.15, 0.2) is 18.2 Å². The normalized spacial score (nSPS) is 9.91. The van der Waals surface area contributed by atoms with Gasteiger partial charge in [-0.2, -0.15) is 0 Å². The molecule has 0 spiro atoms. The second kappa shape index (κ2) is 8.60. The van der Waals surface area contributed by atoms with Gasteiger partial charge in [-0.3, -0.25) is 19.7 Å². The third kappa shape index (κ3) is 5.39. The van der Waals surface area contributed by atoms with Crippen molar-refractivity contribution in [2.45, 2.75) is 26.2 Å². The highest BCUT2D eigenvalue weighted by atomic mass is 16.6. The maximum absolute atomic E-state index is 11.7. The first-order valence-corrected chi connectivity index (χ1v) is 6.75. The molecule has 8 nitrogen and oxygen atoms in total. The van der Waals surface area contributed by atoms with Gasteiger partial charge >= 0.3 is 5.97 Å². The van der Waals surface area contributed by atoms with Crippen LogP contribution in [0, 0.1) is 10.1 Å². The topological polar surface area (TPSA) is 108 Å². The average Bonchev–Trinajstić information content (AvgIpc) is 2.51. The van der Waals surface area contributed by atoms with Gasteiger partial charge in [0.05, 0.1) is 18.1 Å². The van der Waals surface area contributed by atoms with Crippen molar-refractivity contribution in [3.8, 4) is 5.75 Å². The van der Waals surface area contributed by atoms with E-state index in [4.69, 9.17) is 9.47 Å². The van der Waals surface area contributed by atoms with Crippen molar-refractivity contribution in [2.75, 3.05) is 19.0 Å². The fourth-order valence-corrected chi connectivity index (χ4v) is 1.62. The van der Waals surface area contributed by atoms with Crippen LogP contribution in [-0.2, 0) is 14.3 Å². The Morgan fingerprint density at radius 3 is 2.68 bits per heavy atom. The number of nitro benzene ring substituents is 1. The second-order valence-electron chi connectivity index (χ2n) is 4.45. The number of nitro groups is 1. The number of rotatable bonds is 8.